The molecule has 0 atom stereocenters. The van der Waals surface area contributed by atoms with Crippen LogP contribution in [-0.4, -0.2) is 16.1 Å². The van der Waals surface area contributed by atoms with E-state index in [-0.39, 0.29) is 24.9 Å². The first-order valence-corrected chi connectivity index (χ1v) is 8.19. The topological polar surface area (TPSA) is 65.2 Å². The van der Waals surface area contributed by atoms with Crippen molar-refractivity contribution in [3.8, 4) is 11.4 Å². The summed E-state index contributed by atoms with van der Waals surface area (Å²) in [7, 11) is 0. The lowest BCUT2D eigenvalue weighted by molar-refractivity contribution is -0.144. The largest absolute Gasteiger partial charge is 0.455 e. The van der Waals surface area contributed by atoms with Crippen molar-refractivity contribution >= 4 is 17.6 Å². The van der Waals surface area contributed by atoms with Crippen molar-refractivity contribution in [1.29, 1.82) is 0 Å². The first-order chi connectivity index (χ1) is 12.0. The maximum Gasteiger partial charge on any atom is 0.310 e. The fourth-order valence-electron chi connectivity index (χ4n) is 2.30. The van der Waals surface area contributed by atoms with E-state index in [0.717, 1.165) is 16.7 Å². The van der Waals surface area contributed by atoms with Crippen LogP contribution >= 0.6 is 11.6 Å². The predicted octanol–water partition coefficient (Wildman–Crippen LogP) is 4.29. The SMILES string of the molecule is Cc1ccc(CC(=O)OCc2nc(-c3ccc(Cl)cc3)no2)cc1C. The summed E-state index contributed by atoms with van der Waals surface area (Å²) in [5, 5.41) is 4.51. The highest BCUT2D eigenvalue weighted by Crippen LogP contribution is 2.19. The number of esters is 1. The van der Waals surface area contributed by atoms with E-state index in [2.05, 4.69) is 10.1 Å². The van der Waals surface area contributed by atoms with Crippen molar-refractivity contribution in [3.63, 3.8) is 0 Å². The first kappa shape index (κ1) is 17.2. The Hall–Kier alpha value is -2.66. The molecule has 0 bridgehead atoms. The van der Waals surface area contributed by atoms with E-state index in [4.69, 9.17) is 20.9 Å². The van der Waals surface area contributed by atoms with E-state index in [9.17, 15) is 4.79 Å². The van der Waals surface area contributed by atoms with Gasteiger partial charge in [-0.05, 0) is 54.8 Å². The normalized spacial score (nSPS) is 10.7. The number of carbonyl (C=O) groups excluding carboxylic acids is 1. The lowest BCUT2D eigenvalue weighted by Gasteiger charge is -2.05. The molecule has 0 saturated heterocycles. The van der Waals surface area contributed by atoms with Gasteiger partial charge in [0.2, 0.25) is 5.82 Å². The van der Waals surface area contributed by atoms with Crippen LogP contribution in [0.25, 0.3) is 11.4 Å². The Labute approximate surface area is 150 Å². The van der Waals surface area contributed by atoms with Crippen LogP contribution < -0.4 is 0 Å². The summed E-state index contributed by atoms with van der Waals surface area (Å²) in [6.07, 6.45) is 0.208. The van der Waals surface area contributed by atoms with Gasteiger partial charge < -0.3 is 9.26 Å². The number of hydrogen-bond acceptors (Lipinski definition) is 5. The molecular formula is C19H17ClN2O3. The van der Waals surface area contributed by atoms with E-state index >= 15 is 0 Å². The number of nitrogens with zero attached hydrogens (tertiary/aromatic N) is 2. The van der Waals surface area contributed by atoms with Crippen LogP contribution in [0, 0.1) is 13.8 Å². The fraction of sp³-hybridized carbons (Fsp3) is 0.211. The van der Waals surface area contributed by atoms with Crippen LogP contribution in [0.3, 0.4) is 0 Å². The zero-order valence-corrected chi connectivity index (χ0v) is 14.7. The van der Waals surface area contributed by atoms with Gasteiger partial charge in [-0.2, -0.15) is 4.98 Å². The Morgan fingerprint density at radius 3 is 2.60 bits per heavy atom. The minimum atomic E-state index is -0.338. The van der Waals surface area contributed by atoms with Gasteiger partial charge >= 0.3 is 5.97 Å². The molecule has 2 aromatic carbocycles. The van der Waals surface area contributed by atoms with Crippen LogP contribution in [0.4, 0.5) is 0 Å². The molecule has 0 spiro atoms. The van der Waals surface area contributed by atoms with Crippen molar-refractivity contribution in [3.05, 3.63) is 70.1 Å². The van der Waals surface area contributed by atoms with Gasteiger partial charge in [0, 0.05) is 10.6 Å². The highest BCUT2D eigenvalue weighted by molar-refractivity contribution is 6.30. The Balaban J connectivity index is 1.57. The molecule has 0 unspecified atom stereocenters. The molecule has 1 heterocycles. The standard InChI is InChI=1S/C19H17ClN2O3/c1-12-3-4-14(9-13(12)2)10-18(23)24-11-17-21-19(22-25-17)15-5-7-16(20)8-6-15/h3-9H,10-11H2,1-2H3. The average Bonchev–Trinajstić information content (AvgIpc) is 3.06. The number of aryl methyl sites for hydroxylation is 2. The summed E-state index contributed by atoms with van der Waals surface area (Å²) in [4.78, 5) is 16.2. The number of carbonyl (C=O) groups is 1. The molecule has 0 N–H and O–H groups in total. The molecule has 3 aromatic rings. The molecule has 3 rings (SSSR count). The lowest BCUT2D eigenvalue weighted by atomic mass is 10.0. The van der Waals surface area contributed by atoms with Gasteiger partial charge in [-0.15, -0.1) is 0 Å². The number of halogens is 1. The summed E-state index contributed by atoms with van der Waals surface area (Å²) in [6.45, 7) is 4.00. The van der Waals surface area contributed by atoms with E-state index < -0.39 is 0 Å². The van der Waals surface area contributed by atoms with Gasteiger partial charge in [0.15, 0.2) is 6.61 Å². The molecular weight excluding hydrogens is 340 g/mol. The van der Waals surface area contributed by atoms with Crippen molar-refractivity contribution < 1.29 is 14.1 Å². The van der Waals surface area contributed by atoms with Gasteiger partial charge in [0.05, 0.1) is 6.42 Å². The fourth-order valence-corrected chi connectivity index (χ4v) is 2.43. The average molecular weight is 357 g/mol. The molecule has 128 valence electrons. The molecule has 0 aliphatic heterocycles. The highest BCUT2D eigenvalue weighted by atomic mass is 35.5. The molecule has 0 aliphatic rings. The zero-order chi connectivity index (χ0) is 17.8. The van der Waals surface area contributed by atoms with Gasteiger partial charge in [-0.1, -0.05) is 35.0 Å². The number of aromatic nitrogens is 2. The smallest absolute Gasteiger partial charge is 0.310 e. The van der Waals surface area contributed by atoms with Gasteiger partial charge in [0.1, 0.15) is 0 Å². The van der Waals surface area contributed by atoms with Crippen LogP contribution in [0.2, 0.25) is 5.02 Å². The molecule has 0 aliphatic carbocycles. The molecule has 0 saturated carbocycles. The maximum atomic E-state index is 12.0. The van der Waals surface area contributed by atoms with E-state index in [1.807, 2.05) is 32.0 Å². The first-order valence-electron chi connectivity index (χ1n) is 7.81. The molecule has 5 nitrogen and oxygen atoms in total. The Kier molecular flexibility index (Phi) is 5.14. The van der Waals surface area contributed by atoms with E-state index in [0.29, 0.717) is 10.8 Å². The van der Waals surface area contributed by atoms with Crippen molar-refractivity contribution in [2.75, 3.05) is 0 Å². The third-order valence-corrected chi connectivity index (χ3v) is 4.10. The monoisotopic (exact) mass is 356 g/mol. The third-order valence-electron chi connectivity index (χ3n) is 3.85. The minimum absolute atomic E-state index is 0.0513. The molecule has 6 heteroatoms. The van der Waals surface area contributed by atoms with E-state index in [1.165, 1.54) is 5.56 Å². The second-order valence-corrected chi connectivity index (χ2v) is 6.21. The Morgan fingerprint density at radius 1 is 1.12 bits per heavy atom. The number of benzene rings is 2. The molecule has 1 aromatic heterocycles. The quantitative estimate of drug-likeness (QED) is 0.638. The molecule has 0 fully saturated rings. The van der Waals surface area contributed by atoms with Crippen LogP contribution in [0.5, 0.6) is 0 Å². The van der Waals surface area contributed by atoms with Crippen molar-refractivity contribution in [2.45, 2.75) is 26.9 Å². The lowest BCUT2D eigenvalue weighted by Crippen LogP contribution is -2.08. The minimum Gasteiger partial charge on any atom is -0.455 e. The van der Waals surface area contributed by atoms with Crippen LogP contribution in [0.15, 0.2) is 47.0 Å². The number of rotatable bonds is 5. The number of hydrogen-bond donors (Lipinski definition) is 0. The second kappa shape index (κ2) is 7.49. The Morgan fingerprint density at radius 2 is 1.88 bits per heavy atom. The second-order valence-electron chi connectivity index (χ2n) is 5.77. The molecule has 0 amide bonds. The highest BCUT2D eigenvalue weighted by Gasteiger charge is 2.12. The van der Waals surface area contributed by atoms with Crippen LogP contribution in [-0.2, 0) is 22.6 Å². The molecule has 25 heavy (non-hydrogen) atoms. The zero-order valence-electron chi connectivity index (χ0n) is 14.0. The Bertz CT molecular complexity index is 888. The summed E-state index contributed by atoms with van der Waals surface area (Å²) >= 11 is 5.85. The van der Waals surface area contributed by atoms with Crippen molar-refractivity contribution in [2.24, 2.45) is 0 Å². The number of ether oxygens (including phenoxy) is 1. The van der Waals surface area contributed by atoms with E-state index in [1.54, 1.807) is 24.3 Å². The summed E-state index contributed by atoms with van der Waals surface area (Å²) in [6, 6.07) is 13.0. The van der Waals surface area contributed by atoms with Gasteiger partial charge in [-0.3, -0.25) is 4.79 Å². The predicted molar refractivity (Wildman–Crippen MR) is 94.2 cm³/mol. The maximum absolute atomic E-state index is 12.0. The summed E-state index contributed by atoms with van der Waals surface area (Å²) < 4.78 is 10.3. The third kappa shape index (κ3) is 4.45. The van der Waals surface area contributed by atoms with Gasteiger partial charge in [-0.25, -0.2) is 0 Å². The van der Waals surface area contributed by atoms with Gasteiger partial charge in [0.25, 0.3) is 5.89 Å². The van der Waals surface area contributed by atoms with Crippen molar-refractivity contribution in [1.82, 2.24) is 10.1 Å². The van der Waals surface area contributed by atoms with Crippen LogP contribution in [0.1, 0.15) is 22.6 Å². The summed E-state index contributed by atoms with van der Waals surface area (Å²) in [5.41, 5.74) is 4.04. The molecule has 0 radical (unpaired) electrons. The summed E-state index contributed by atoms with van der Waals surface area (Å²) in [5.74, 6) is 0.338.